The van der Waals surface area contributed by atoms with Crippen molar-refractivity contribution in [1.82, 2.24) is 25.2 Å². The summed E-state index contributed by atoms with van der Waals surface area (Å²) in [6, 6.07) is 0.0819. The van der Waals surface area contributed by atoms with Crippen LogP contribution in [0.2, 0.25) is 0 Å². The van der Waals surface area contributed by atoms with Crippen LogP contribution in [-0.2, 0) is 13.0 Å². The predicted octanol–water partition coefficient (Wildman–Crippen LogP) is 0.936. The van der Waals surface area contributed by atoms with E-state index >= 15 is 0 Å². The average Bonchev–Trinajstić information content (AvgIpc) is 2.94. The second-order valence-corrected chi connectivity index (χ2v) is 5.18. The number of hydrogen-bond acceptors (Lipinski definition) is 5. The highest BCUT2D eigenvalue weighted by molar-refractivity contribution is 5.96. The molecule has 0 spiro atoms. The van der Waals surface area contributed by atoms with Crippen molar-refractivity contribution >= 4 is 5.91 Å². The molecular formula is C13H17N5O2. The van der Waals surface area contributed by atoms with Gasteiger partial charge in [-0.05, 0) is 27.2 Å². The maximum atomic E-state index is 12.3. The van der Waals surface area contributed by atoms with Crippen LogP contribution in [0.1, 0.15) is 39.9 Å². The second kappa shape index (κ2) is 4.73. The maximum Gasteiger partial charge on any atom is 0.257 e. The molecule has 7 heteroatoms. The van der Waals surface area contributed by atoms with E-state index in [2.05, 4.69) is 25.2 Å². The number of nitrogens with zero attached hydrogens (tertiary/aromatic N) is 4. The van der Waals surface area contributed by atoms with E-state index in [4.69, 9.17) is 4.52 Å². The van der Waals surface area contributed by atoms with Gasteiger partial charge in [0.2, 0.25) is 0 Å². The van der Waals surface area contributed by atoms with Crippen LogP contribution in [0.5, 0.6) is 0 Å². The summed E-state index contributed by atoms with van der Waals surface area (Å²) < 4.78 is 7.09. The molecule has 1 aliphatic heterocycles. The molecule has 2 aromatic rings. The minimum atomic E-state index is -0.125. The van der Waals surface area contributed by atoms with Crippen LogP contribution >= 0.6 is 0 Å². The lowest BCUT2D eigenvalue weighted by Crippen LogP contribution is -2.41. The zero-order chi connectivity index (χ0) is 14.3. The fourth-order valence-electron chi connectivity index (χ4n) is 2.64. The van der Waals surface area contributed by atoms with Crippen molar-refractivity contribution in [3.63, 3.8) is 0 Å². The summed E-state index contributed by atoms with van der Waals surface area (Å²) in [6.45, 7) is 6.16. The molecule has 0 aliphatic carbocycles. The Bertz CT molecular complexity index is 638. The molecular weight excluding hydrogens is 258 g/mol. The van der Waals surface area contributed by atoms with Gasteiger partial charge in [-0.15, -0.1) is 10.2 Å². The fraction of sp³-hybridized carbons (Fsp3) is 0.538. The predicted molar refractivity (Wildman–Crippen MR) is 70.3 cm³/mol. The quantitative estimate of drug-likeness (QED) is 0.881. The van der Waals surface area contributed by atoms with Crippen molar-refractivity contribution in [2.75, 3.05) is 0 Å². The van der Waals surface area contributed by atoms with E-state index in [0.29, 0.717) is 23.6 Å². The number of aromatic nitrogens is 4. The van der Waals surface area contributed by atoms with Gasteiger partial charge >= 0.3 is 0 Å². The van der Waals surface area contributed by atoms with E-state index in [-0.39, 0.29) is 11.9 Å². The summed E-state index contributed by atoms with van der Waals surface area (Å²) >= 11 is 0. The van der Waals surface area contributed by atoms with E-state index in [0.717, 1.165) is 24.5 Å². The molecule has 1 aliphatic rings. The Morgan fingerprint density at radius 3 is 2.85 bits per heavy atom. The van der Waals surface area contributed by atoms with Gasteiger partial charge in [-0.25, -0.2) is 0 Å². The van der Waals surface area contributed by atoms with E-state index in [1.54, 1.807) is 13.8 Å². The number of carbonyl (C=O) groups excluding carboxylic acids is 1. The molecule has 2 aromatic heterocycles. The molecule has 0 saturated heterocycles. The number of aryl methyl sites for hydroxylation is 4. The van der Waals surface area contributed by atoms with Gasteiger partial charge in [0.1, 0.15) is 23.0 Å². The molecule has 3 rings (SSSR count). The van der Waals surface area contributed by atoms with Crippen LogP contribution in [0, 0.1) is 20.8 Å². The number of nitrogens with one attached hydrogen (secondary N) is 1. The standard InChI is InChI=1S/C13H17N5O2/c1-7-12(8(2)20-17-7)13(19)14-10-4-5-11-16-15-9(3)18(11)6-10/h10H,4-6H2,1-3H3,(H,14,19)/t10-/m1/s1. The molecule has 0 unspecified atom stereocenters. The van der Waals surface area contributed by atoms with Gasteiger partial charge < -0.3 is 14.4 Å². The van der Waals surface area contributed by atoms with Crippen LogP contribution in [0.3, 0.4) is 0 Å². The summed E-state index contributed by atoms with van der Waals surface area (Å²) in [7, 11) is 0. The summed E-state index contributed by atoms with van der Waals surface area (Å²) in [4.78, 5) is 12.3. The highest BCUT2D eigenvalue weighted by Gasteiger charge is 2.25. The number of rotatable bonds is 2. The summed E-state index contributed by atoms with van der Waals surface area (Å²) in [5.41, 5.74) is 1.16. The van der Waals surface area contributed by atoms with Crippen molar-refractivity contribution in [3.05, 3.63) is 28.7 Å². The first-order valence-corrected chi connectivity index (χ1v) is 6.68. The maximum absolute atomic E-state index is 12.3. The lowest BCUT2D eigenvalue weighted by atomic mass is 10.1. The van der Waals surface area contributed by atoms with Crippen molar-refractivity contribution in [1.29, 1.82) is 0 Å². The van der Waals surface area contributed by atoms with E-state index in [1.807, 2.05) is 6.92 Å². The Morgan fingerprint density at radius 1 is 1.35 bits per heavy atom. The van der Waals surface area contributed by atoms with Gasteiger partial charge in [0.25, 0.3) is 5.91 Å². The van der Waals surface area contributed by atoms with Crippen molar-refractivity contribution in [2.45, 2.75) is 46.2 Å². The number of amides is 1. The van der Waals surface area contributed by atoms with E-state index in [1.165, 1.54) is 0 Å². The van der Waals surface area contributed by atoms with Gasteiger partial charge in [0, 0.05) is 19.0 Å². The Hall–Kier alpha value is -2.18. The minimum Gasteiger partial charge on any atom is -0.361 e. The van der Waals surface area contributed by atoms with Gasteiger partial charge in [-0.3, -0.25) is 4.79 Å². The van der Waals surface area contributed by atoms with Gasteiger partial charge in [0.15, 0.2) is 0 Å². The van der Waals surface area contributed by atoms with Crippen LogP contribution in [-0.4, -0.2) is 31.9 Å². The molecule has 106 valence electrons. The third-order valence-electron chi connectivity index (χ3n) is 3.73. The zero-order valence-corrected chi connectivity index (χ0v) is 11.8. The third kappa shape index (κ3) is 2.09. The lowest BCUT2D eigenvalue weighted by Gasteiger charge is -2.24. The van der Waals surface area contributed by atoms with E-state index < -0.39 is 0 Å². The summed E-state index contributed by atoms with van der Waals surface area (Å²) in [5.74, 6) is 2.30. The van der Waals surface area contributed by atoms with Gasteiger partial charge in [-0.1, -0.05) is 5.16 Å². The Labute approximate surface area is 116 Å². The summed E-state index contributed by atoms with van der Waals surface area (Å²) in [6.07, 6.45) is 1.70. The first-order valence-electron chi connectivity index (χ1n) is 6.68. The molecule has 0 aromatic carbocycles. The molecule has 0 bridgehead atoms. The minimum absolute atomic E-state index is 0.0819. The first kappa shape index (κ1) is 12.8. The molecule has 0 radical (unpaired) electrons. The van der Waals surface area contributed by atoms with Crippen LogP contribution in [0.15, 0.2) is 4.52 Å². The lowest BCUT2D eigenvalue weighted by molar-refractivity contribution is 0.0925. The fourth-order valence-corrected chi connectivity index (χ4v) is 2.64. The van der Waals surface area contributed by atoms with Crippen LogP contribution in [0.25, 0.3) is 0 Å². The molecule has 1 N–H and O–H groups in total. The smallest absolute Gasteiger partial charge is 0.257 e. The molecule has 0 saturated carbocycles. The molecule has 7 nitrogen and oxygen atoms in total. The Kier molecular flexibility index (Phi) is 3.04. The number of carbonyl (C=O) groups is 1. The van der Waals surface area contributed by atoms with Crippen LogP contribution < -0.4 is 5.32 Å². The average molecular weight is 275 g/mol. The SMILES string of the molecule is Cc1noc(C)c1C(=O)N[C@@H]1CCc2nnc(C)n2C1. The van der Waals surface area contributed by atoms with Crippen molar-refractivity contribution < 1.29 is 9.32 Å². The van der Waals surface area contributed by atoms with Crippen molar-refractivity contribution in [2.24, 2.45) is 0 Å². The Morgan fingerprint density at radius 2 is 2.15 bits per heavy atom. The van der Waals surface area contributed by atoms with Crippen molar-refractivity contribution in [3.8, 4) is 0 Å². The zero-order valence-electron chi connectivity index (χ0n) is 11.8. The largest absolute Gasteiger partial charge is 0.361 e. The topological polar surface area (TPSA) is 85.8 Å². The molecule has 3 heterocycles. The second-order valence-electron chi connectivity index (χ2n) is 5.18. The first-order chi connectivity index (χ1) is 9.56. The highest BCUT2D eigenvalue weighted by Crippen LogP contribution is 2.17. The molecule has 20 heavy (non-hydrogen) atoms. The van der Waals surface area contributed by atoms with E-state index in [9.17, 15) is 4.79 Å². The highest BCUT2D eigenvalue weighted by atomic mass is 16.5. The summed E-state index contributed by atoms with van der Waals surface area (Å²) in [5, 5.41) is 15.0. The third-order valence-corrected chi connectivity index (χ3v) is 3.73. The molecule has 1 atom stereocenters. The molecule has 1 amide bonds. The Balaban J connectivity index is 1.74. The van der Waals surface area contributed by atoms with Crippen LogP contribution in [0.4, 0.5) is 0 Å². The van der Waals surface area contributed by atoms with Gasteiger partial charge in [-0.2, -0.15) is 0 Å². The normalized spacial score (nSPS) is 17.9. The van der Waals surface area contributed by atoms with Gasteiger partial charge in [0.05, 0.1) is 5.69 Å². The number of hydrogen-bond donors (Lipinski definition) is 1. The molecule has 0 fully saturated rings. The monoisotopic (exact) mass is 275 g/mol. The number of fused-ring (bicyclic) bond motifs is 1.